The van der Waals surface area contributed by atoms with Gasteiger partial charge in [0, 0.05) is 30.9 Å². The van der Waals surface area contributed by atoms with E-state index in [2.05, 4.69) is 74.3 Å². The molecular weight excluding hydrogens is 296 g/mol. The van der Waals surface area contributed by atoms with Crippen molar-refractivity contribution in [2.45, 2.75) is 40.0 Å². The summed E-state index contributed by atoms with van der Waals surface area (Å²) in [4.78, 5) is 14.4. The van der Waals surface area contributed by atoms with Crippen molar-refractivity contribution in [3.63, 3.8) is 0 Å². The molecule has 1 N–H and O–H groups in total. The summed E-state index contributed by atoms with van der Waals surface area (Å²) in [6, 6.07) is 16.5. The number of nitrogens with zero attached hydrogens (tertiary/aromatic N) is 1. The summed E-state index contributed by atoms with van der Waals surface area (Å²) in [6.07, 6.45) is 0.480. The van der Waals surface area contributed by atoms with Crippen molar-refractivity contribution in [2.24, 2.45) is 0 Å². The van der Waals surface area contributed by atoms with Crippen molar-refractivity contribution in [3.8, 4) is 0 Å². The second-order valence-corrected chi connectivity index (χ2v) is 6.49. The Morgan fingerprint density at radius 3 is 2.42 bits per heavy atom. The predicted octanol–water partition coefficient (Wildman–Crippen LogP) is 4.97. The van der Waals surface area contributed by atoms with Crippen LogP contribution in [0.2, 0.25) is 0 Å². The number of carbonyl (C=O) groups excluding carboxylic acids is 1. The summed E-state index contributed by atoms with van der Waals surface area (Å²) in [5, 5.41) is 2.98. The van der Waals surface area contributed by atoms with E-state index in [-0.39, 0.29) is 5.91 Å². The van der Waals surface area contributed by atoms with Crippen LogP contribution >= 0.6 is 0 Å². The van der Waals surface area contributed by atoms with Crippen LogP contribution in [0.25, 0.3) is 0 Å². The van der Waals surface area contributed by atoms with Crippen LogP contribution in [-0.4, -0.2) is 19.0 Å². The number of nitrogens with one attached hydrogen (secondary N) is 1. The number of carbonyl (C=O) groups is 1. The fourth-order valence-corrected chi connectivity index (χ4v) is 2.71. The Hall–Kier alpha value is -2.29. The minimum Gasteiger partial charge on any atom is -0.371 e. The van der Waals surface area contributed by atoms with Gasteiger partial charge in [-0.25, -0.2) is 0 Å². The van der Waals surface area contributed by atoms with Crippen LogP contribution in [0, 0.1) is 6.92 Å². The van der Waals surface area contributed by atoms with Crippen LogP contribution in [0.5, 0.6) is 0 Å². The summed E-state index contributed by atoms with van der Waals surface area (Å²) in [6.45, 7) is 10.1. The largest absolute Gasteiger partial charge is 0.371 e. The monoisotopic (exact) mass is 324 g/mol. The van der Waals surface area contributed by atoms with Crippen LogP contribution in [0.1, 0.15) is 44.2 Å². The van der Waals surface area contributed by atoms with Gasteiger partial charge >= 0.3 is 0 Å². The molecule has 0 aromatic heterocycles. The molecule has 0 atom stereocenters. The normalized spacial score (nSPS) is 10.7. The molecule has 0 spiro atoms. The Kier molecular flexibility index (Phi) is 6.42. The molecule has 1 amide bonds. The molecule has 0 saturated heterocycles. The van der Waals surface area contributed by atoms with E-state index in [1.807, 2.05) is 12.1 Å². The SMILES string of the molecule is CCN(CCC(=O)Nc1ccc(C(C)C)cc1)c1cccc(C)c1. The van der Waals surface area contributed by atoms with Crippen molar-refractivity contribution >= 4 is 17.3 Å². The zero-order chi connectivity index (χ0) is 17.5. The molecular formula is C21H28N2O. The molecule has 0 radical (unpaired) electrons. The van der Waals surface area contributed by atoms with E-state index in [4.69, 9.17) is 0 Å². The highest BCUT2D eigenvalue weighted by Crippen LogP contribution is 2.18. The fourth-order valence-electron chi connectivity index (χ4n) is 2.71. The van der Waals surface area contributed by atoms with Gasteiger partial charge in [0.2, 0.25) is 5.91 Å². The Morgan fingerprint density at radius 2 is 1.83 bits per heavy atom. The lowest BCUT2D eigenvalue weighted by Crippen LogP contribution is -2.27. The standard InChI is InChI=1S/C21H28N2O/c1-5-23(20-8-6-7-17(4)15-20)14-13-21(24)22-19-11-9-18(10-12-19)16(2)3/h6-12,15-16H,5,13-14H2,1-4H3,(H,22,24). The third-order valence-corrected chi connectivity index (χ3v) is 4.22. The van der Waals surface area contributed by atoms with Crippen molar-refractivity contribution < 1.29 is 4.79 Å². The van der Waals surface area contributed by atoms with E-state index >= 15 is 0 Å². The second-order valence-electron chi connectivity index (χ2n) is 6.49. The van der Waals surface area contributed by atoms with Crippen molar-refractivity contribution in [1.29, 1.82) is 0 Å². The maximum absolute atomic E-state index is 12.2. The summed E-state index contributed by atoms with van der Waals surface area (Å²) >= 11 is 0. The molecule has 0 fully saturated rings. The molecule has 2 aromatic carbocycles. The van der Waals surface area contributed by atoms with Crippen LogP contribution < -0.4 is 10.2 Å². The van der Waals surface area contributed by atoms with E-state index in [1.165, 1.54) is 16.8 Å². The minimum atomic E-state index is 0.0541. The summed E-state index contributed by atoms with van der Waals surface area (Å²) in [5.74, 6) is 0.556. The van der Waals surface area contributed by atoms with Crippen LogP contribution in [0.15, 0.2) is 48.5 Å². The van der Waals surface area contributed by atoms with Crippen molar-refractivity contribution in [3.05, 3.63) is 59.7 Å². The first kappa shape index (κ1) is 18.1. The van der Waals surface area contributed by atoms with E-state index in [9.17, 15) is 4.79 Å². The molecule has 0 bridgehead atoms. The number of amides is 1. The van der Waals surface area contributed by atoms with E-state index in [1.54, 1.807) is 0 Å². The van der Waals surface area contributed by atoms with Gasteiger partial charge in [0.05, 0.1) is 0 Å². The number of hydrogen-bond donors (Lipinski definition) is 1. The summed E-state index contributed by atoms with van der Waals surface area (Å²) < 4.78 is 0. The zero-order valence-corrected chi connectivity index (χ0v) is 15.2. The second kappa shape index (κ2) is 8.53. The molecule has 0 aliphatic heterocycles. The van der Waals surface area contributed by atoms with Gasteiger partial charge in [0.15, 0.2) is 0 Å². The molecule has 2 aromatic rings. The van der Waals surface area contributed by atoms with Gasteiger partial charge in [-0.15, -0.1) is 0 Å². The van der Waals surface area contributed by atoms with Crippen LogP contribution in [0.3, 0.4) is 0 Å². The predicted molar refractivity (Wildman–Crippen MR) is 103 cm³/mol. The van der Waals surface area contributed by atoms with Gasteiger partial charge in [-0.2, -0.15) is 0 Å². The average molecular weight is 324 g/mol. The molecule has 3 nitrogen and oxygen atoms in total. The molecule has 2 rings (SSSR count). The first-order chi connectivity index (χ1) is 11.5. The molecule has 0 aliphatic rings. The first-order valence-electron chi connectivity index (χ1n) is 8.71. The Bertz CT molecular complexity index is 662. The topological polar surface area (TPSA) is 32.3 Å². The minimum absolute atomic E-state index is 0.0541. The number of aryl methyl sites for hydroxylation is 1. The lowest BCUT2D eigenvalue weighted by Gasteiger charge is -2.23. The Morgan fingerprint density at radius 1 is 1.12 bits per heavy atom. The Labute approximate surface area is 145 Å². The van der Waals surface area contributed by atoms with Gasteiger partial charge in [-0.05, 0) is 55.2 Å². The first-order valence-corrected chi connectivity index (χ1v) is 8.71. The molecule has 24 heavy (non-hydrogen) atoms. The molecule has 3 heteroatoms. The van der Waals surface area contributed by atoms with Gasteiger partial charge in [-0.1, -0.05) is 38.1 Å². The average Bonchev–Trinajstić information content (AvgIpc) is 2.56. The van der Waals surface area contributed by atoms with Gasteiger partial charge in [0.25, 0.3) is 0 Å². The quantitative estimate of drug-likeness (QED) is 0.779. The van der Waals surface area contributed by atoms with Crippen LogP contribution in [0.4, 0.5) is 11.4 Å². The van der Waals surface area contributed by atoms with E-state index in [0.29, 0.717) is 12.3 Å². The lowest BCUT2D eigenvalue weighted by molar-refractivity contribution is -0.116. The number of anilines is 2. The third kappa shape index (κ3) is 5.12. The molecule has 0 saturated carbocycles. The highest BCUT2D eigenvalue weighted by atomic mass is 16.1. The maximum atomic E-state index is 12.2. The lowest BCUT2D eigenvalue weighted by atomic mass is 10.0. The molecule has 0 heterocycles. The smallest absolute Gasteiger partial charge is 0.226 e. The van der Waals surface area contributed by atoms with Gasteiger partial charge in [-0.3, -0.25) is 4.79 Å². The van der Waals surface area contributed by atoms with Crippen LogP contribution in [-0.2, 0) is 4.79 Å². The number of rotatable bonds is 7. The van der Waals surface area contributed by atoms with E-state index < -0.39 is 0 Å². The number of benzene rings is 2. The fraction of sp³-hybridized carbons (Fsp3) is 0.381. The molecule has 128 valence electrons. The molecule has 0 unspecified atom stereocenters. The zero-order valence-electron chi connectivity index (χ0n) is 15.2. The highest BCUT2D eigenvalue weighted by molar-refractivity contribution is 5.91. The highest BCUT2D eigenvalue weighted by Gasteiger charge is 2.08. The molecule has 0 aliphatic carbocycles. The van der Waals surface area contributed by atoms with Gasteiger partial charge in [0.1, 0.15) is 0 Å². The van der Waals surface area contributed by atoms with E-state index in [0.717, 1.165) is 18.8 Å². The summed E-state index contributed by atoms with van der Waals surface area (Å²) in [5.41, 5.74) is 4.56. The third-order valence-electron chi connectivity index (χ3n) is 4.22. The summed E-state index contributed by atoms with van der Waals surface area (Å²) in [7, 11) is 0. The number of hydrogen-bond acceptors (Lipinski definition) is 2. The Balaban J connectivity index is 1.89. The van der Waals surface area contributed by atoms with Crippen molar-refractivity contribution in [2.75, 3.05) is 23.3 Å². The maximum Gasteiger partial charge on any atom is 0.226 e. The van der Waals surface area contributed by atoms with Gasteiger partial charge < -0.3 is 10.2 Å². The van der Waals surface area contributed by atoms with Crippen molar-refractivity contribution in [1.82, 2.24) is 0 Å².